The Kier molecular flexibility index (Phi) is 7.67. The quantitative estimate of drug-likeness (QED) is 0.253. The summed E-state index contributed by atoms with van der Waals surface area (Å²) >= 11 is 0. The average molecular weight is 496 g/mol. The minimum atomic E-state index is -4.53. The van der Waals surface area contributed by atoms with Gasteiger partial charge >= 0.3 is 18.3 Å². The topological polar surface area (TPSA) is 90.4 Å². The first-order chi connectivity index (χ1) is 16.5. The number of aryl methyl sites for hydroxylation is 1. The van der Waals surface area contributed by atoms with E-state index in [9.17, 15) is 31.9 Å². The number of aromatic amines is 1. The van der Waals surface area contributed by atoms with Crippen LogP contribution in [0.4, 0.5) is 17.6 Å². The summed E-state index contributed by atoms with van der Waals surface area (Å²) in [6, 6.07) is 8.23. The highest BCUT2D eigenvalue weighted by molar-refractivity contribution is 6.02. The number of H-pyrrole nitrogens is 1. The van der Waals surface area contributed by atoms with Crippen LogP contribution in [0.3, 0.4) is 0 Å². The number of hydrogen-bond donors (Lipinski definition) is 1. The van der Waals surface area contributed by atoms with Gasteiger partial charge in [-0.3, -0.25) is 9.59 Å². The van der Waals surface area contributed by atoms with Crippen molar-refractivity contribution in [3.63, 3.8) is 0 Å². The first-order valence-corrected chi connectivity index (χ1v) is 10.9. The maximum absolute atomic E-state index is 13.6. The number of fused-ring (bicyclic) bond motifs is 1. The molecular weight excluding hydrogens is 472 g/mol. The van der Waals surface area contributed by atoms with Crippen LogP contribution in [0.5, 0.6) is 5.75 Å². The summed E-state index contributed by atoms with van der Waals surface area (Å²) in [5, 5.41) is -0.311. The lowest BCUT2D eigenvalue weighted by Crippen LogP contribution is -2.34. The number of alkyl halides is 4. The van der Waals surface area contributed by atoms with E-state index in [1.54, 1.807) is 44.2 Å². The van der Waals surface area contributed by atoms with Gasteiger partial charge in [0, 0.05) is 11.3 Å². The van der Waals surface area contributed by atoms with Gasteiger partial charge in [-0.05, 0) is 25.8 Å². The van der Waals surface area contributed by atoms with Crippen molar-refractivity contribution in [3.8, 4) is 5.75 Å². The van der Waals surface area contributed by atoms with Gasteiger partial charge in [-0.1, -0.05) is 37.3 Å². The number of nitrogens with one attached hydrogen (secondary N) is 1. The lowest BCUT2D eigenvalue weighted by molar-refractivity contribution is -0.148. The number of hydrogen-bond acceptors (Lipinski definition) is 5. The molecule has 0 bridgehead atoms. The molecule has 188 valence electrons. The number of pyridine rings is 1. The number of aromatic nitrogens is 2. The molecule has 0 aliphatic rings. The van der Waals surface area contributed by atoms with E-state index in [0.717, 1.165) is 0 Å². The monoisotopic (exact) mass is 496 g/mol. The first-order valence-electron chi connectivity index (χ1n) is 10.9. The van der Waals surface area contributed by atoms with Gasteiger partial charge in [-0.25, -0.2) is 13.6 Å². The fourth-order valence-electron chi connectivity index (χ4n) is 3.78. The van der Waals surface area contributed by atoms with Gasteiger partial charge in [-0.2, -0.15) is 8.78 Å². The van der Waals surface area contributed by atoms with Gasteiger partial charge in [0.1, 0.15) is 5.39 Å². The summed E-state index contributed by atoms with van der Waals surface area (Å²) in [5.74, 6) is -6.55. The summed E-state index contributed by atoms with van der Waals surface area (Å²) in [6.45, 7) is 2.67. The largest absolute Gasteiger partial charge is 0.484 e. The van der Waals surface area contributed by atoms with E-state index in [0.29, 0.717) is 23.2 Å². The lowest BCUT2D eigenvalue weighted by Gasteiger charge is -2.17. The maximum atomic E-state index is 13.6. The van der Waals surface area contributed by atoms with Crippen molar-refractivity contribution in [3.05, 3.63) is 63.2 Å². The molecule has 0 atom stereocenters. The SMILES string of the molecule is CCOC(=O)c1[nH]c2c(C)c(CC)n(CC(=O)c3ccccc3)c(=O)c2c1OCC(F)(F)C(F)F. The second kappa shape index (κ2) is 10.3. The van der Waals surface area contributed by atoms with Crippen LogP contribution >= 0.6 is 0 Å². The molecule has 0 aliphatic heterocycles. The second-order valence-electron chi connectivity index (χ2n) is 7.76. The minimum absolute atomic E-state index is 0.0736. The summed E-state index contributed by atoms with van der Waals surface area (Å²) in [4.78, 5) is 41.5. The molecule has 1 N–H and O–H groups in total. The molecule has 1 aromatic carbocycles. The number of carbonyl (C=O) groups excluding carboxylic acids is 2. The Labute approximate surface area is 197 Å². The zero-order valence-electron chi connectivity index (χ0n) is 19.3. The smallest absolute Gasteiger partial charge is 0.358 e. The van der Waals surface area contributed by atoms with Crippen LogP contribution < -0.4 is 10.3 Å². The van der Waals surface area contributed by atoms with Gasteiger partial charge in [-0.15, -0.1) is 0 Å². The molecule has 0 spiro atoms. The van der Waals surface area contributed by atoms with Gasteiger partial charge < -0.3 is 19.0 Å². The lowest BCUT2D eigenvalue weighted by atomic mass is 10.1. The molecule has 7 nitrogen and oxygen atoms in total. The molecule has 2 aromatic heterocycles. The summed E-state index contributed by atoms with van der Waals surface area (Å²) in [7, 11) is 0. The number of nitrogens with zero attached hydrogens (tertiary/aromatic N) is 1. The number of halogens is 4. The summed E-state index contributed by atoms with van der Waals surface area (Å²) < 4.78 is 63.8. The van der Waals surface area contributed by atoms with E-state index in [-0.39, 0.29) is 29.8 Å². The van der Waals surface area contributed by atoms with E-state index in [1.165, 1.54) is 11.5 Å². The number of ether oxygens (including phenoxy) is 2. The molecule has 0 saturated carbocycles. The predicted octanol–water partition coefficient (Wildman–Crippen LogP) is 4.54. The summed E-state index contributed by atoms with van der Waals surface area (Å²) in [5.41, 5.74) is 0.134. The molecule has 0 radical (unpaired) electrons. The first kappa shape index (κ1) is 26.0. The highest BCUT2D eigenvalue weighted by Crippen LogP contribution is 2.33. The predicted molar refractivity (Wildman–Crippen MR) is 120 cm³/mol. The Bertz CT molecular complexity index is 1300. The number of benzene rings is 1. The summed E-state index contributed by atoms with van der Waals surface area (Å²) in [6.07, 6.45) is -3.70. The van der Waals surface area contributed by atoms with Gasteiger partial charge in [0.05, 0.1) is 18.7 Å². The van der Waals surface area contributed by atoms with Crippen LogP contribution in [-0.2, 0) is 17.7 Å². The van der Waals surface area contributed by atoms with Crippen molar-refractivity contribution in [1.82, 2.24) is 9.55 Å². The standard InChI is InChI=1S/C24H24F4N2O5/c1-4-15-13(3)18-17(21(32)30(15)11-16(31)14-9-7-6-8-10-14)20(19(29-18)22(33)34-5-2)35-12-24(27,28)23(25)26/h6-10,23,29H,4-5,11-12H2,1-3H3. The molecule has 3 aromatic rings. The zero-order chi connectivity index (χ0) is 25.9. The van der Waals surface area contributed by atoms with Crippen molar-refractivity contribution in [2.75, 3.05) is 13.2 Å². The van der Waals surface area contributed by atoms with E-state index in [4.69, 9.17) is 9.47 Å². The van der Waals surface area contributed by atoms with Crippen LogP contribution in [0, 0.1) is 6.92 Å². The number of carbonyl (C=O) groups is 2. The zero-order valence-corrected chi connectivity index (χ0v) is 19.3. The molecule has 0 aliphatic carbocycles. The number of ketones is 1. The Morgan fingerprint density at radius 3 is 2.37 bits per heavy atom. The Morgan fingerprint density at radius 2 is 1.80 bits per heavy atom. The number of rotatable bonds is 10. The van der Waals surface area contributed by atoms with Crippen molar-refractivity contribution in [2.45, 2.75) is 46.1 Å². The van der Waals surface area contributed by atoms with Crippen LogP contribution in [0.15, 0.2) is 35.1 Å². The van der Waals surface area contributed by atoms with Gasteiger partial charge in [0.25, 0.3) is 5.56 Å². The molecular formula is C24H24F4N2O5. The Hall–Kier alpha value is -3.63. The highest BCUT2D eigenvalue weighted by atomic mass is 19.3. The van der Waals surface area contributed by atoms with Gasteiger partial charge in [0.15, 0.2) is 23.8 Å². The van der Waals surface area contributed by atoms with Crippen molar-refractivity contribution in [1.29, 1.82) is 0 Å². The minimum Gasteiger partial charge on any atom is -0.484 e. The maximum Gasteiger partial charge on any atom is 0.358 e. The van der Waals surface area contributed by atoms with Crippen LogP contribution in [0.2, 0.25) is 0 Å². The van der Waals surface area contributed by atoms with E-state index < -0.39 is 41.9 Å². The van der Waals surface area contributed by atoms with Crippen LogP contribution in [0.25, 0.3) is 10.9 Å². The molecule has 0 amide bonds. The van der Waals surface area contributed by atoms with E-state index >= 15 is 0 Å². The molecule has 11 heteroatoms. The normalized spacial score (nSPS) is 11.8. The molecule has 3 rings (SSSR count). The van der Waals surface area contributed by atoms with Crippen LogP contribution in [0.1, 0.15) is 46.0 Å². The van der Waals surface area contributed by atoms with E-state index in [2.05, 4.69) is 4.98 Å². The molecule has 0 saturated heterocycles. The van der Waals surface area contributed by atoms with Gasteiger partial charge in [0.2, 0.25) is 0 Å². The fraction of sp³-hybridized carbons (Fsp3) is 0.375. The average Bonchev–Trinajstić information content (AvgIpc) is 3.22. The van der Waals surface area contributed by atoms with Crippen molar-refractivity contribution in [2.24, 2.45) is 0 Å². The Morgan fingerprint density at radius 1 is 1.14 bits per heavy atom. The molecule has 0 unspecified atom stereocenters. The fourth-order valence-corrected chi connectivity index (χ4v) is 3.78. The molecule has 2 heterocycles. The molecule has 0 fully saturated rings. The third kappa shape index (κ3) is 5.08. The highest BCUT2D eigenvalue weighted by Gasteiger charge is 2.42. The van der Waals surface area contributed by atoms with E-state index in [1.807, 2.05) is 0 Å². The Balaban J connectivity index is 2.23. The second-order valence-corrected chi connectivity index (χ2v) is 7.76. The number of esters is 1. The van der Waals surface area contributed by atoms with Crippen molar-refractivity contribution < 1.29 is 36.6 Å². The number of Topliss-reactive ketones (excluding diaryl/α,β-unsaturated/α-hetero) is 1. The van der Waals surface area contributed by atoms with Crippen molar-refractivity contribution >= 4 is 22.7 Å². The van der Waals surface area contributed by atoms with Crippen LogP contribution in [-0.4, -0.2) is 46.9 Å². The third-order valence-electron chi connectivity index (χ3n) is 5.49. The third-order valence-corrected chi connectivity index (χ3v) is 5.49. The molecule has 35 heavy (non-hydrogen) atoms.